The molecule has 20 heavy (non-hydrogen) atoms. The van der Waals surface area contributed by atoms with Gasteiger partial charge in [0.15, 0.2) is 0 Å². The monoisotopic (exact) mass is 309 g/mol. The van der Waals surface area contributed by atoms with Crippen LogP contribution in [0.25, 0.3) is 6.08 Å². The minimum atomic E-state index is -0.0372. The summed E-state index contributed by atoms with van der Waals surface area (Å²) in [7, 11) is 0. The van der Waals surface area contributed by atoms with E-state index in [1.807, 2.05) is 12.1 Å². The Balaban J connectivity index is 1.62. The van der Waals surface area contributed by atoms with Crippen molar-refractivity contribution in [3.63, 3.8) is 0 Å². The van der Waals surface area contributed by atoms with Crippen LogP contribution in [0.15, 0.2) is 24.3 Å². The van der Waals surface area contributed by atoms with E-state index in [-0.39, 0.29) is 5.91 Å². The van der Waals surface area contributed by atoms with E-state index in [1.165, 1.54) is 25.7 Å². The van der Waals surface area contributed by atoms with Crippen LogP contribution in [0.4, 0.5) is 0 Å². The number of halogens is 2. The van der Waals surface area contributed by atoms with Gasteiger partial charge in [-0.05, 0) is 55.2 Å². The molecule has 0 bridgehead atoms. The van der Waals surface area contributed by atoms with Gasteiger partial charge in [-0.25, -0.2) is 0 Å². The summed E-state index contributed by atoms with van der Waals surface area (Å²) in [5, 5.41) is 4.13. The SMILES string of the molecule is O=C(/C=C/c1cccc(Cl)c1Cl)NC(C1CC1)C1CC1. The molecule has 1 amide bonds. The highest BCUT2D eigenvalue weighted by Crippen LogP contribution is 2.44. The fourth-order valence-corrected chi connectivity index (χ4v) is 2.93. The molecule has 0 aliphatic heterocycles. The summed E-state index contributed by atoms with van der Waals surface area (Å²) in [6.45, 7) is 0. The first-order chi connectivity index (χ1) is 9.65. The third-order valence-electron chi connectivity index (χ3n) is 3.96. The molecule has 0 heterocycles. The minimum Gasteiger partial charge on any atom is -0.349 e. The van der Waals surface area contributed by atoms with Crippen molar-refractivity contribution in [2.24, 2.45) is 11.8 Å². The Morgan fingerprint density at radius 1 is 1.20 bits per heavy atom. The number of nitrogens with one attached hydrogen (secondary N) is 1. The minimum absolute atomic E-state index is 0.0372. The number of benzene rings is 1. The highest BCUT2D eigenvalue weighted by atomic mass is 35.5. The van der Waals surface area contributed by atoms with Gasteiger partial charge >= 0.3 is 0 Å². The van der Waals surface area contributed by atoms with Crippen LogP contribution >= 0.6 is 23.2 Å². The Morgan fingerprint density at radius 2 is 1.85 bits per heavy atom. The molecule has 1 aromatic rings. The molecule has 2 nitrogen and oxygen atoms in total. The molecule has 0 aromatic heterocycles. The summed E-state index contributed by atoms with van der Waals surface area (Å²) < 4.78 is 0. The highest BCUT2D eigenvalue weighted by Gasteiger charge is 2.41. The van der Waals surface area contributed by atoms with E-state index >= 15 is 0 Å². The van der Waals surface area contributed by atoms with E-state index in [4.69, 9.17) is 23.2 Å². The largest absolute Gasteiger partial charge is 0.349 e. The van der Waals surface area contributed by atoms with E-state index in [9.17, 15) is 4.79 Å². The van der Waals surface area contributed by atoms with Crippen LogP contribution in [0, 0.1) is 11.8 Å². The summed E-state index contributed by atoms with van der Waals surface area (Å²) in [4.78, 5) is 12.0. The normalized spacial score (nSPS) is 18.8. The molecular formula is C16H17Cl2NO. The Hall–Kier alpha value is -0.990. The predicted octanol–water partition coefficient (Wildman–Crippen LogP) is 4.31. The Bertz CT molecular complexity index is 535. The van der Waals surface area contributed by atoms with E-state index < -0.39 is 0 Å². The third kappa shape index (κ3) is 3.36. The van der Waals surface area contributed by atoms with E-state index in [1.54, 1.807) is 18.2 Å². The van der Waals surface area contributed by atoms with E-state index in [0.717, 1.165) is 5.56 Å². The smallest absolute Gasteiger partial charge is 0.244 e. The molecule has 0 unspecified atom stereocenters. The van der Waals surface area contributed by atoms with Crippen molar-refractivity contribution in [2.75, 3.05) is 0 Å². The first kappa shape index (κ1) is 14.0. The van der Waals surface area contributed by atoms with Crippen LogP contribution < -0.4 is 5.32 Å². The second kappa shape index (κ2) is 5.79. The van der Waals surface area contributed by atoms with Crippen LogP contribution in [-0.2, 0) is 4.79 Å². The number of carbonyl (C=O) groups excluding carboxylic acids is 1. The third-order valence-corrected chi connectivity index (χ3v) is 4.80. The Labute approximate surface area is 129 Å². The molecule has 0 spiro atoms. The fourth-order valence-electron chi connectivity index (χ4n) is 2.56. The summed E-state index contributed by atoms with van der Waals surface area (Å²) in [6.07, 6.45) is 8.29. The van der Waals surface area contributed by atoms with E-state index in [2.05, 4.69) is 5.32 Å². The molecule has 0 radical (unpaired) electrons. The zero-order valence-electron chi connectivity index (χ0n) is 11.1. The molecule has 0 atom stereocenters. The topological polar surface area (TPSA) is 29.1 Å². The van der Waals surface area contributed by atoms with Crippen molar-refractivity contribution < 1.29 is 4.79 Å². The van der Waals surface area contributed by atoms with Crippen molar-refractivity contribution in [2.45, 2.75) is 31.7 Å². The fraction of sp³-hybridized carbons (Fsp3) is 0.438. The first-order valence-corrected chi connectivity index (χ1v) is 7.83. The Morgan fingerprint density at radius 3 is 2.45 bits per heavy atom. The average molecular weight is 310 g/mol. The van der Waals surface area contributed by atoms with Crippen LogP contribution in [0.3, 0.4) is 0 Å². The van der Waals surface area contributed by atoms with Crippen LogP contribution in [0.1, 0.15) is 31.2 Å². The van der Waals surface area contributed by atoms with E-state index in [0.29, 0.717) is 27.9 Å². The van der Waals surface area contributed by atoms with Gasteiger partial charge < -0.3 is 5.32 Å². The summed E-state index contributed by atoms with van der Waals surface area (Å²) in [6, 6.07) is 5.78. The lowest BCUT2D eigenvalue weighted by Crippen LogP contribution is -2.37. The van der Waals surface area contributed by atoms with Crippen molar-refractivity contribution in [3.05, 3.63) is 39.9 Å². The average Bonchev–Trinajstić information content (AvgIpc) is 3.28. The second-order valence-electron chi connectivity index (χ2n) is 5.69. The second-order valence-corrected chi connectivity index (χ2v) is 6.47. The van der Waals surface area contributed by atoms with Crippen molar-refractivity contribution in [3.8, 4) is 0 Å². The van der Waals surface area contributed by atoms with Gasteiger partial charge in [0.1, 0.15) is 0 Å². The summed E-state index contributed by atoms with van der Waals surface area (Å²) >= 11 is 12.0. The number of hydrogen-bond acceptors (Lipinski definition) is 1. The van der Waals surface area contributed by atoms with Crippen molar-refractivity contribution >= 4 is 35.2 Å². The lowest BCUT2D eigenvalue weighted by molar-refractivity contribution is -0.117. The lowest BCUT2D eigenvalue weighted by Gasteiger charge is -2.16. The van der Waals surface area contributed by atoms with Gasteiger partial charge in [0.2, 0.25) is 5.91 Å². The highest BCUT2D eigenvalue weighted by molar-refractivity contribution is 6.42. The quantitative estimate of drug-likeness (QED) is 0.807. The van der Waals surface area contributed by atoms with Gasteiger partial charge in [-0.3, -0.25) is 4.79 Å². The predicted molar refractivity (Wildman–Crippen MR) is 82.9 cm³/mol. The van der Waals surface area contributed by atoms with Gasteiger partial charge in [-0.15, -0.1) is 0 Å². The van der Waals surface area contributed by atoms with Gasteiger partial charge in [-0.1, -0.05) is 35.3 Å². The maximum Gasteiger partial charge on any atom is 0.244 e. The Kier molecular flexibility index (Phi) is 4.04. The zero-order chi connectivity index (χ0) is 14.1. The molecule has 2 aliphatic rings. The number of hydrogen-bond donors (Lipinski definition) is 1. The summed E-state index contributed by atoms with van der Waals surface area (Å²) in [5.74, 6) is 1.37. The maximum atomic E-state index is 12.0. The zero-order valence-corrected chi connectivity index (χ0v) is 12.6. The molecule has 3 rings (SSSR count). The van der Waals surface area contributed by atoms with Crippen LogP contribution in [0.2, 0.25) is 10.0 Å². The molecule has 2 fully saturated rings. The number of rotatable bonds is 5. The van der Waals surface area contributed by atoms with Gasteiger partial charge in [0.05, 0.1) is 10.0 Å². The molecular weight excluding hydrogens is 293 g/mol. The molecule has 2 saturated carbocycles. The summed E-state index contributed by atoms with van der Waals surface area (Å²) in [5.41, 5.74) is 0.767. The number of amides is 1. The first-order valence-electron chi connectivity index (χ1n) is 7.08. The van der Waals surface area contributed by atoms with Crippen molar-refractivity contribution in [1.82, 2.24) is 5.32 Å². The maximum absolute atomic E-state index is 12.0. The molecule has 106 valence electrons. The van der Waals surface area contributed by atoms with Gasteiger partial charge in [0, 0.05) is 12.1 Å². The molecule has 4 heteroatoms. The molecule has 1 N–H and O–H groups in total. The molecule has 2 aliphatic carbocycles. The van der Waals surface area contributed by atoms with Gasteiger partial charge in [-0.2, -0.15) is 0 Å². The van der Waals surface area contributed by atoms with Crippen LogP contribution in [0.5, 0.6) is 0 Å². The molecule has 1 aromatic carbocycles. The lowest BCUT2D eigenvalue weighted by atomic mass is 10.1. The van der Waals surface area contributed by atoms with Gasteiger partial charge in [0.25, 0.3) is 0 Å². The molecule has 0 saturated heterocycles. The van der Waals surface area contributed by atoms with Crippen molar-refractivity contribution in [1.29, 1.82) is 0 Å². The van der Waals surface area contributed by atoms with Crippen LogP contribution in [-0.4, -0.2) is 11.9 Å². The standard InChI is InChI=1S/C16H17Cl2NO/c17-13-3-1-2-10(15(13)18)8-9-14(20)19-16(11-4-5-11)12-6-7-12/h1-3,8-9,11-12,16H,4-7H2,(H,19,20)/b9-8+. The number of carbonyl (C=O) groups is 1.